The normalized spacial score (nSPS) is 11.4. The molecule has 0 amide bonds. The maximum atomic E-state index is 2.35. The number of hydrogen-bond acceptors (Lipinski definition) is 0. The molecular formula is C33H27In. The Morgan fingerprint density at radius 1 is 0.353 bits per heavy atom. The minimum absolute atomic E-state index is 1.35. The predicted octanol–water partition coefficient (Wildman–Crippen LogP) is 6.59. The fourth-order valence-electron chi connectivity index (χ4n) is 5.80. The molecule has 0 nitrogen and oxygen atoms in total. The Morgan fingerprint density at radius 2 is 0.647 bits per heavy atom. The molecule has 0 aromatic heterocycles. The summed E-state index contributed by atoms with van der Waals surface area (Å²) in [5.41, 5.74) is 4.29. The van der Waals surface area contributed by atoms with E-state index in [9.17, 15) is 0 Å². The summed E-state index contributed by atoms with van der Waals surface area (Å²) in [6, 6.07) is 40.9. The fraction of sp³-hybridized carbons (Fsp3) is 0.0909. The van der Waals surface area contributed by atoms with Crippen molar-refractivity contribution in [2.45, 2.75) is 20.8 Å². The van der Waals surface area contributed by atoms with Gasteiger partial charge in [0.2, 0.25) is 0 Å². The zero-order valence-corrected chi connectivity index (χ0v) is 23.3. The van der Waals surface area contributed by atoms with Crippen molar-refractivity contribution in [3.05, 3.63) is 126 Å². The van der Waals surface area contributed by atoms with Crippen LogP contribution in [0.15, 0.2) is 109 Å². The van der Waals surface area contributed by atoms with E-state index in [2.05, 4.69) is 130 Å². The third kappa shape index (κ3) is 3.46. The van der Waals surface area contributed by atoms with E-state index in [-0.39, 0.29) is 0 Å². The molecule has 0 aliphatic rings. The summed E-state index contributed by atoms with van der Waals surface area (Å²) in [5, 5.41) is 8.34. The molecule has 6 rings (SSSR count). The van der Waals surface area contributed by atoms with Gasteiger partial charge in [-0.3, -0.25) is 0 Å². The van der Waals surface area contributed by atoms with Crippen molar-refractivity contribution >= 4 is 63.7 Å². The average molecular weight is 538 g/mol. The van der Waals surface area contributed by atoms with E-state index in [0.29, 0.717) is 0 Å². The van der Waals surface area contributed by atoms with Gasteiger partial charge in [0.05, 0.1) is 0 Å². The monoisotopic (exact) mass is 538 g/mol. The molecule has 0 aliphatic heterocycles. The van der Waals surface area contributed by atoms with Gasteiger partial charge in [-0.25, -0.2) is 0 Å². The van der Waals surface area contributed by atoms with Crippen LogP contribution in [0.4, 0.5) is 0 Å². The summed E-state index contributed by atoms with van der Waals surface area (Å²) in [6.07, 6.45) is 0. The van der Waals surface area contributed by atoms with Gasteiger partial charge in [0.1, 0.15) is 0 Å². The second kappa shape index (κ2) is 8.64. The summed E-state index contributed by atoms with van der Waals surface area (Å²) < 4.78 is 4.87. The van der Waals surface area contributed by atoms with E-state index < -0.39 is 21.4 Å². The molecule has 0 unspecified atom stereocenters. The van der Waals surface area contributed by atoms with Crippen molar-refractivity contribution in [1.82, 2.24) is 0 Å². The summed E-state index contributed by atoms with van der Waals surface area (Å²) in [4.78, 5) is 0. The van der Waals surface area contributed by atoms with Gasteiger partial charge < -0.3 is 0 Å². The Bertz CT molecular complexity index is 1490. The van der Waals surface area contributed by atoms with E-state index in [1.165, 1.54) is 49.0 Å². The third-order valence-electron chi connectivity index (χ3n) is 7.43. The van der Waals surface area contributed by atoms with Gasteiger partial charge in [0.15, 0.2) is 0 Å². The SMILES string of the molecule is Cc1ccc2ccccc2[c]1[In]([c]1c(C)ccc2ccccc12)[c]1c(C)ccc2ccccc12. The minimum atomic E-state index is -2.90. The molecule has 6 aromatic carbocycles. The molecule has 0 atom stereocenters. The van der Waals surface area contributed by atoms with Crippen LogP contribution < -0.4 is 9.96 Å². The molecule has 1 heteroatoms. The third-order valence-corrected chi connectivity index (χ3v) is 18.9. The molecule has 0 N–H and O–H groups in total. The molecule has 0 spiro atoms. The van der Waals surface area contributed by atoms with E-state index in [0.717, 1.165) is 0 Å². The van der Waals surface area contributed by atoms with Gasteiger partial charge >= 0.3 is 210 Å². The first-order chi connectivity index (χ1) is 16.6. The van der Waals surface area contributed by atoms with E-state index >= 15 is 0 Å². The van der Waals surface area contributed by atoms with Crippen molar-refractivity contribution in [3.8, 4) is 0 Å². The second-order valence-corrected chi connectivity index (χ2v) is 16.9. The number of hydrogen-bond donors (Lipinski definition) is 0. The summed E-state index contributed by atoms with van der Waals surface area (Å²) >= 11 is -2.90. The van der Waals surface area contributed by atoms with Gasteiger partial charge in [0.25, 0.3) is 0 Å². The Balaban J connectivity index is 1.84. The Kier molecular flexibility index (Phi) is 5.46. The van der Waals surface area contributed by atoms with Crippen LogP contribution in [-0.2, 0) is 0 Å². The number of fused-ring (bicyclic) bond motifs is 3. The van der Waals surface area contributed by atoms with Crippen molar-refractivity contribution in [2.24, 2.45) is 0 Å². The topological polar surface area (TPSA) is 0 Å². The Labute approximate surface area is 209 Å². The van der Waals surface area contributed by atoms with Gasteiger partial charge in [-0.2, -0.15) is 0 Å². The van der Waals surface area contributed by atoms with Crippen molar-refractivity contribution in [3.63, 3.8) is 0 Å². The van der Waals surface area contributed by atoms with Crippen LogP contribution in [0, 0.1) is 20.8 Å². The predicted molar refractivity (Wildman–Crippen MR) is 151 cm³/mol. The first-order valence-corrected chi connectivity index (χ1v) is 17.0. The van der Waals surface area contributed by atoms with Crippen LogP contribution in [0.1, 0.15) is 16.7 Å². The first kappa shape index (κ1) is 21.5. The summed E-state index contributed by atoms with van der Waals surface area (Å²) in [5.74, 6) is 0. The van der Waals surface area contributed by atoms with Gasteiger partial charge in [0, 0.05) is 0 Å². The number of aryl methyl sites for hydroxylation is 3. The number of rotatable bonds is 3. The van der Waals surface area contributed by atoms with Crippen LogP contribution in [-0.4, -0.2) is 21.4 Å². The molecule has 34 heavy (non-hydrogen) atoms. The fourth-order valence-corrected chi connectivity index (χ4v) is 17.9. The molecule has 6 aromatic rings. The summed E-state index contributed by atoms with van der Waals surface area (Å²) in [6.45, 7) is 6.98. The number of benzene rings is 6. The van der Waals surface area contributed by atoms with E-state index in [1.807, 2.05) is 0 Å². The van der Waals surface area contributed by atoms with E-state index in [1.54, 1.807) is 9.96 Å². The average Bonchev–Trinajstić information content (AvgIpc) is 2.87. The Morgan fingerprint density at radius 3 is 0.971 bits per heavy atom. The van der Waals surface area contributed by atoms with Gasteiger partial charge in [-0.1, -0.05) is 0 Å². The molecule has 0 saturated carbocycles. The van der Waals surface area contributed by atoms with Gasteiger partial charge in [-0.15, -0.1) is 0 Å². The second-order valence-electron chi connectivity index (χ2n) is 9.48. The summed E-state index contributed by atoms with van der Waals surface area (Å²) in [7, 11) is 0. The molecule has 0 saturated heterocycles. The standard InChI is InChI=1S/3C11H9.In/c3*1-9-6-7-10-4-2-3-5-11(10)8-9;/h3*2-7H,1H3;. The molecule has 0 heterocycles. The first-order valence-electron chi connectivity index (χ1n) is 12.1. The molecule has 0 fully saturated rings. The van der Waals surface area contributed by atoms with E-state index in [4.69, 9.17) is 0 Å². The van der Waals surface area contributed by atoms with Crippen molar-refractivity contribution in [1.29, 1.82) is 0 Å². The van der Waals surface area contributed by atoms with Crippen LogP contribution >= 0.6 is 0 Å². The quantitative estimate of drug-likeness (QED) is 0.239. The molecular weight excluding hydrogens is 511 g/mol. The maximum absolute atomic E-state index is 2.90. The van der Waals surface area contributed by atoms with Gasteiger partial charge in [-0.05, 0) is 0 Å². The van der Waals surface area contributed by atoms with Crippen LogP contribution in [0.5, 0.6) is 0 Å². The zero-order valence-electron chi connectivity index (χ0n) is 20.0. The van der Waals surface area contributed by atoms with Crippen molar-refractivity contribution < 1.29 is 0 Å². The molecule has 162 valence electrons. The zero-order chi connectivity index (χ0) is 23.2. The molecule has 0 radical (unpaired) electrons. The van der Waals surface area contributed by atoms with Crippen LogP contribution in [0.2, 0.25) is 0 Å². The molecule has 0 bridgehead atoms. The van der Waals surface area contributed by atoms with Crippen LogP contribution in [0.25, 0.3) is 32.3 Å². The van der Waals surface area contributed by atoms with Crippen molar-refractivity contribution in [2.75, 3.05) is 0 Å². The molecule has 0 aliphatic carbocycles. The Hall–Kier alpha value is -3.03. The van der Waals surface area contributed by atoms with Crippen LogP contribution in [0.3, 0.4) is 0 Å².